The molecule has 2 aliphatic rings. The molecule has 2 atom stereocenters. The van der Waals surface area contributed by atoms with Gasteiger partial charge in [0.2, 0.25) is 0 Å². The number of hydrogen-bond donors (Lipinski definition) is 1. The maximum absolute atomic E-state index is 6.21. The Bertz CT molecular complexity index is 664. The van der Waals surface area contributed by atoms with Crippen molar-refractivity contribution in [2.24, 2.45) is 0 Å². The van der Waals surface area contributed by atoms with Gasteiger partial charge >= 0.3 is 0 Å². The monoisotopic (exact) mass is 269 g/mol. The second-order valence-electron chi connectivity index (χ2n) is 5.83. The number of nitrogens with one attached hydrogen (secondary N) is 1. The third-order valence-electron chi connectivity index (χ3n) is 4.59. The number of halogens is 1. The van der Waals surface area contributed by atoms with Crippen LogP contribution in [0.3, 0.4) is 0 Å². The number of rotatable bonds is 0. The Morgan fingerprint density at radius 3 is 2.63 bits per heavy atom. The van der Waals surface area contributed by atoms with Crippen molar-refractivity contribution >= 4 is 11.6 Å². The lowest BCUT2D eigenvalue weighted by atomic mass is 9.70. The molecule has 0 spiro atoms. The molecule has 96 valence electrons. The zero-order valence-corrected chi connectivity index (χ0v) is 11.7. The van der Waals surface area contributed by atoms with Gasteiger partial charge in [0, 0.05) is 11.1 Å². The van der Waals surface area contributed by atoms with Gasteiger partial charge in [-0.15, -0.1) is 0 Å². The molecule has 0 aromatic heterocycles. The van der Waals surface area contributed by atoms with Gasteiger partial charge in [0.15, 0.2) is 0 Å². The fourth-order valence-electron chi connectivity index (χ4n) is 3.79. The third kappa shape index (κ3) is 1.58. The van der Waals surface area contributed by atoms with Crippen LogP contribution in [0.4, 0.5) is 0 Å². The fraction of sp³-hybridized carbons (Fsp3) is 0.294. The standard InChI is InChI=1S/C17H16ClN/c1-17-15-5-3-2-4-11(15)8-14(19-17)9-12-6-7-13(18)10-16(12)17/h2-7,10,14,19H,8-9H2,1H3. The van der Waals surface area contributed by atoms with Gasteiger partial charge in [-0.3, -0.25) is 0 Å². The highest BCUT2D eigenvalue weighted by atomic mass is 35.5. The summed E-state index contributed by atoms with van der Waals surface area (Å²) in [7, 11) is 0. The van der Waals surface area contributed by atoms with Gasteiger partial charge in [-0.1, -0.05) is 41.9 Å². The van der Waals surface area contributed by atoms with Gasteiger partial charge in [-0.2, -0.15) is 0 Å². The van der Waals surface area contributed by atoms with E-state index in [4.69, 9.17) is 11.6 Å². The third-order valence-corrected chi connectivity index (χ3v) is 4.83. The average molecular weight is 270 g/mol. The molecular formula is C17H16ClN. The van der Waals surface area contributed by atoms with Crippen LogP contribution in [0.2, 0.25) is 5.02 Å². The molecule has 0 saturated heterocycles. The van der Waals surface area contributed by atoms with E-state index in [0.717, 1.165) is 17.9 Å². The Morgan fingerprint density at radius 1 is 1.05 bits per heavy atom. The second-order valence-corrected chi connectivity index (χ2v) is 6.27. The number of benzene rings is 2. The van der Waals surface area contributed by atoms with E-state index >= 15 is 0 Å². The minimum Gasteiger partial charge on any atom is -0.300 e. The van der Waals surface area contributed by atoms with Crippen LogP contribution in [-0.4, -0.2) is 6.04 Å². The molecule has 2 aromatic carbocycles. The maximum atomic E-state index is 6.21. The summed E-state index contributed by atoms with van der Waals surface area (Å²) in [5, 5.41) is 4.63. The van der Waals surface area contributed by atoms with E-state index in [0.29, 0.717) is 6.04 Å². The summed E-state index contributed by atoms with van der Waals surface area (Å²) >= 11 is 6.21. The van der Waals surface area contributed by atoms with Crippen molar-refractivity contribution in [1.29, 1.82) is 0 Å². The molecule has 2 bridgehead atoms. The minimum absolute atomic E-state index is 0.0992. The molecule has 2 aromatic rings. The largest absolute Gasteiger partial charge is 0.300 e. The van der Waals surface area contributed by atoms with E-state index in [1.807, 2.05) is 6.07 Å². The van der Waals surface area contributed by atoms with Crippen molar-refractivity contribution in [3.05, 3.63) is 69.7 Å². The molecule has 0 aliphatic carbocycles. The second kappa shape index (κ2) is 3.84. The number of fused-ring (bicyclic) bond motifs is 6. The number of hydrogen-bond acceptors (Lipinski definition) is 1. The zero-order valence-electron chi connectivity index (χ0n) is 10.9. The Kier molecular flexibility index (Phi) is 2.33. The van der Waals surface area contributed by atoms with E-state index in [9.17, 15) is 0 Å². The predicted octanol–water partition coefficient (Wildman–Crippen LogP) is 3.67. The van der Waals surface area contributed by atoms with Crippen LogP contribution in [-0.2, 0) is 18.4 Å². The van der Waals surface area contributed by atoms with Gasteiger partial charge in [0.1, 0.15) is 0 Å². The average Bonchev–Trinajstić information content (AvgIpc) is 2.40. The Morgan fingerprint density at radius 2 is 1.79 bits per heavy atom. The Balaban J connectivity index is 2.01. The van der Waals surface area contributed by atoms with Crippen LogP contribution in [0.1, 0.15) is 29.2 Å². The summed E-state index contributed by atoms with van der Waals surface area (Å²) in [6.45, 7) is 2.28. The molecule has 1 nitrogen and oxygen atoms in total. The van der Waals surface area contributed by atoms with Crippen LogP contribution in [0.25, 0.3) is 0 Å². The highest BCUT2D eigenvalue weighted by Gasteiger charge is 2.42. The molecular weight excluding hydrogens is 254 g/mol. The molecule has 2 heteroatoms. The molecule has 2 unspecified atom stereocenters. The maximum Gasteiger partial charge on any atom is 0.0670 e. The predicted molar refractivity (Wildman–Crippen MR) is 78.7 cm³/mol. The summed E-state index contributed by atoms with van der Waals surface area (Å²) in [5.41, 5.74) is 5.54. The van der Waals surface area contributed by atoms with Crippen molar-refractivity contribution in [3.63, 3.8) is 0 Å². The van der Waals surface area contributed by atoms with Crippen LogP contribution < -0.4 is 5.32 Å². The molecule has 19 heavy (non-hydrogen) atoms. The first kappa shape index (κ1) is 11.5. The van der Waals surface area contributed by atoms with Crippen molar-refractivity contribution in [1.82, 2.24) is 5.32 Å². The van der Waals surface area contributed by atoms with Crippen molar-refractivity contribution in [2.45, 2.75) is 31.3 Å². The topological polar surface area (TPSA) is 12.0 Å². The van der Waals surface area contributed by atoms with Crippen LogP contribution in [0.5, 0.6) is 0 Å². The van der Waals surface area contributed by atoms with Gasteiger partial charge in [-0.05, 0) is 54.2 Å². The van der Waals surface area contributed by atoms with Crippen molar-refractivity contribution in [2.75, 3.05) is 0 Å². The fourth-order valence-corrected chi connectivity index (χ4v) is 3.96. The molecule has 1 N–H and O–H groups in total. The molecule has 0 radical (unpaired) electrons. The minimum atomic E-state index is -0.0992. The zero-order chi connectivity index (χ0) is 13.0. The van der Waals surface area contributed by atoms with Gasteiger partial charge < -0.3 is 5.32 Å². The highest BCUT2D eigenvalue weighted by molar-refractivity contribution is 6.30. The summed E-state index contributed by atoms with van der Waals surface area (Å²) < 4.78 is 0. The summed E-state index contributed by atoms with van der Waals surface area (Å²) in [6, 6.07) is 15.6. The molecule has 4 rings (SSSR count). The molecule has 0 saturated carbocycles. The smallest absolute Gasteiger partial charge is 0.0670 e. The lowest BCUT2D eigenvalue weighted by Gasteiger charge is -2.47. The highest BCUT2D eigenvalue weighted by Crippen LogP contribution is 2.42. The normalized spacial score (nSPS) is 27.6. The SMILES string of the molecule is CC12NC(Cc3ccccc31)Cc1ccc(Cl)cc12. The molecule has 2 heterocycles. The van der Waals surface area contributed by atoms with E-state index in [1.165, 1.54) is 22.3 Å². The summed E-state index contributed by atoms with van der Waals surface area (Å²) in [5.74, 6) is 0. The van der Waals surface area contributed by atoms with E-state index in [-0.39, 0.29) is 5.54 Å². The first-order valence-electron chi connectivity index (χ1n) is 6.82. The quantitative estimate of drug-likeness (QED) is 0.769. The summed E-state index contributed by atoms with van der Waals surface area (Å²) in [4.78, 5) is 0. The Labute approximate surface area is 118 Å². The molecule has 0 fully saturated rings. The van der Waals surface area contributed by atoms with Crippen LogP contribution >= 0.6 is 11.6 Å². The van der Waals surface area contributed by atoms with E-state index < -0.39 is 0 Å². The van der Waals surface area contributed by atoms with Crippen molar-refractivity contribution in [3.8, 4) is 0 Å². The molecule has 0 amide bonds. The van der Waals surface area contributed by atoms with Crippen molar-refractivity contribution < 1.29 is 0 Å². The summed E-state index contributed by atoms with van der Waals surface area (Å²) in [6.07, 6.45) is 2.21. The van der Waals surface area contributed by atoms with Gasteiger partial charge in [-0.25, -0.2) is 0 Å². The first-order valence-corrected chi connectivity index (χ1v) is 7.19. The lowest BCUT2D eigenvalue weighted by Crippen LogP contribution is -2.56. The molecule has 2 aliphatic heterocycles. The Hall–Kier alpha value is -1.31. The first-order chi connectivity index (χ1) is 9.17. The van der Waals surface area contributed by atoms with E-state index in [1.54, 1.807) is 0 Å². The van der Waals surface area contributed by atoms with Crippen LogP contribution in [0, 0.1) is 0 Å². The van der Waals surface area contributed by atoms with Gasteiger partial charge in [0.25, 0.3) is 0 Å². The van der Waals surface area contributed by atoms with E-state index in [2.05, 4.69) is 48.6 Å². The van der Waals surface area contributed by atoms with Crippen LogP contribution in [0.15, 0.2) is 42.5 Å². The lowest BCUT2D eigenvalue weighted by molar-refractivity contribution is 0.309. The van der Waals surface area contributed by atoms with Gasteiger partial charge in [0.05, 0.1) is 5.54 Å².